The van der Waals surface area contributed by atoms with E-state index in [4.69, 9.17) is 4.18 Å². The van der Waals surface area contributed by atoms with Crippen LogP contribution in [0.1, 0.15) is 44.1 Å². The van der Waals surface area contributed by atoms with Gasteiger partial charge in [-0.25, -0.2) is 12.6 Å². The molecule has 0 heterocycles. The first-order valence-corrected chi connectivity index (χ1v) is 11.9. The second kappa shape index (κ2) is 7.86. The smallest absolute Gasteiger partial charge is 0.211 e. The molecule has 0 amide bonds. The van der Waals surface area contributed by atoms with Crippen molar-refractivity contribution in [3.63, 3.8) is 0 Å². The number of sulfonamides is 1. The molecule has 0 N–H and O–H groups in total. The molecule has 0 aromatic heterocycles. The van der Waals surface area contributed by atoms with Crippen LogP contribution < -0.4 is 0 Å². The Morgan fingerprint density at radius 1 is 1.04 bits per heavy atom. The Balaban J connectivity index is 1.48. The van der Waals surface area contributed by atoms with Gasteiger partial charge < -0.3 is 0 Å². The van der Waals surface area contributed by atoms with E-state index in [2.05, 4.69) is 0 Å². The van der Waals surface area contributed by atoms with Crippen LogP contribution in [-0.4, -0.2) is 41.9 Å². The van der Waals surface area contributed by atoms with Crippen LogP contribution in [0.2, 0.25) is 0 Å². The maximum absolute atomic E-state index is 12.2. The van der Waals surface area contributed by atoms with Gasteiger partial charge in [0.15, 0.2) is 11.1 Å². The minimum Gasteiger partial charge on any atom is -0.286 e. The lowest BCUT2D eigenvalue weighted by atomic mass is 9.86. The van der Waals surface area contributed by atoms with Crippen LogP contribution in [0, 0.1) is 12.8 Å². The number of aryl methyl sites for hydroxylation is 1. The lowest BCUT2D eigenvalue weighted by Gasteiger charge is -2.35. The molecule has 1 unspecified atom stereocenters. The molecule has 1 atom stereocenters. The van der Waals surface area contributed by atoms with Crippen molar-refractivity contribution in [1.82, 2.24) is 4.31 Å². The lowest BCUT2D eigenvalue weighted by Crippen LogP contribution is -2.43. The predicted molar refractivity (Wildman–Crippen MR) is 99.0 cm³/mol. The number of rotatable bonds is 7. The molecule has 2 fully saturated rings. The Labute approximate surface area is 153 Å². The van der Waals surface area contributed by atoms with E-state index >= 15 is 0 Å². The van der Waals surface area contributed by atoms with Crippen LogP contribution in [0.25, 0.3) is 0 Å². The zero-order chi connectivity index (χ0) is 18.0. The molecule has 7 heteroatoms. The summed E-state index contributed by atoms with van der Waals surface area (Å²) in [7, 11) is -3.13. The molecule has 0 saturated heterocycles. The molecule has 2 aliphatic rings. The normalized spacial score (nSPS) is 25.9. The molecule has 0 bridgehead atoms. The molecular formula is C18H27NO4S2. The van der Waals surface area contributed by atoms with Crippen LogP contribution in [0.3, 0.4) is 0 Å². The van der Waals surface area contributed by atoms with Crippen molar-refractivity contribution in [3.8, 4) is 0 Å². The highest BCUT2D eigenvalue weighted by molar-refractivity contribution is 7.88. The Morgan fingerprint density at radius 2 is 1.56 bits per heavy atom. The third-order valence-electron chi connectivity index (χ3n) is 5.09. The second-order valence-corrected chi connectivity index (χ2v) is 10.4. The third kappa shape index (κ3) is 5.12. The Morgan fingerprint density at radius 3 is 2.04 bits per heavy atom. The molecule has 0 aliphatic heterocycles. The zero-order valence-electron chi connectivity index (χ0n) is 14.9. The Hall–Kier alpha value is -0.760. The summed E-state index contributed by atoms with van der Waals surface area (Å²) in [5, 5.41) is 0. The fraction of sp³-hybridized carbons (Fsp3) is 0.667. The first-order valence-electron chi connectivity index (χ1n) is 8.95. The summed E-state index contributed by atoms with van der Waals surface area (Å²) >= 11 is -1.43. The van der Waals surface area contributed by atoms with Crippen molar-refractivity contribution < 1.29 is 16.8 Å². The molecule has 0 radical (unpaired) electrons. The van der Waals surface area contributed by atoms with E-state index in [0.717, 1.165) is 44.1 Å². The molecule has 2 aliphatic carbocycles. The fourth-order valence-corrected chi connectivity index (χ4v) is 5.93. The van der Waals surface area contributed by atoms with Crippen molar-refractivity contribution in [2.45, 2.75) is 62.4 Å². The van der Waals surface area contributed by atoms with Crippen molar-refractivity contribution >= 4 is 21.1 Å². The van der Waals surface area contributed by atoms with Crippen LogP contribution in [-0.2, 0) is 25.3 Å². The minimum atomic E-state index is -3.13. The van der Waals surface area contributed by atoms with Crippen molar-refractivity contribution in [2.24, 2.45) is 5.92 Å². The SMILES string of the molecule is Cc1ccc(S(=O)OCC2CCC(N(C3CC3)S(C)(=O)=O)CC2)cc1. The van der Waals surface area contributed by atoms with E-state index in [1.807, 2.05) is 31.2 Å². The standard InChI is InChI=1S/C18H27NO4S2/c1-14-3-11-18(12-4-14)24(20)23-13-15-5-7-16(8-6-15)19(17-9-10-17)25(2,21)22/h3-4,11-12,15-17H,5-10,13H2,1-2H3. The molecule has 3 rings (SSSR count). The van der Waals surface area contributed by atoms with E-state index in [1.165, 1.54) is 6.26 Å². The summed E-state index contributed by atoms with van der Waals surface area (Å²) in [6.45, 7) is 2.46. The highest BCUT2D eigenvalue weighted by Crippen LogP contribution is 2.37. The number of hydrogen-bond donors (Lipinski definition) is 0. The van der Waals surface area contributed by atoms with Crippen LogP contribution in [0.4, 0.5) is 0 Å². The summed E-state index contributed by atoms with van der Waals surface area (Å²) < 4.78 is 43.6. The van der Waals surface area contributed by atoms with Gasteiger partial charge in [0.2, 0.25) is 10.0 Å². The van der Waals surface area contributed by atoms with Gasteiger partial charge in [0.05, 0.1) is 17.8 Å². The molecule has 1 aromatic carbocycles. The average Bonchev–Trinajstić information content (AvgIpc) is 3.38. The van der Waals surface area contributed by atoms with Gasteiger partial charge in [-0.15, -0.1) is 0 Å². The molecule has 140 valence electrons. The number of hydrogen-bond acceptors (Lipinski definition) is 4. The van der Waals surface area contributed by atoms with Gasteiger partial charge in [0, 0.05) is 12.1 Å². The van der Waals surface area contributed by atoms with Gasteiger partial charge >= 0.3 is 0 Å². The van der Waals surface area contributed by atoms with E-state index in [-0.39, 0.29) is 12.1 Å². The molecule has 1 aromatic rings. The Bertz CT molecular complexity index is 705. The molecule has 25 heavy (non-hydrogen) atoms. The van der Waals surface area contributed by atoms with E-state index in [9.17, 15) is 12.6 Å². The molecule has 2 saturated carbocycles. The summed E-state index contributed by atoms with van der Waals surface area (Å²) in [5.74, 6) is 0.353. The van der Waals surface area contributed by atoms with Gasteiger partial charge in [-0.3, -0.25) is 4.18 Å². The van der Waals surface area contributed by atoms with E-state index in [0.29, 0.717) is 17.4 Å². The third-order valence-corrected chi connectivity index (χ3v) is 7.46. The van der Waals surface area contributed by atoms with Crippen LogP contribution >= 0.6 is 0 Å². The zero-order valence-corrected chi connectivity index (χ0v) is 16.5. The summed E-state index contributed by atoms with van der Waals surface area (Å²) in [4.78, 5) is 0.691. The van der Waals surface area contributed by atoms with Gasteiger partial charge in [0.25, 0.3) is 0 Å². The second-order valence-electron chi connectivity index (χ2n) is 7.33. The maximum Gasteiger partial charge on any atom is 0.211 e. The first-order chi connectivity index (χ1) is 11.8. The highest BCUT2D eigenvalue weighted by atomic mass is 32.2. The monoisotopic (exact) mass is 385 g/mol. The summed E-state index contributed by atoms with van der Waals surface area (Å²) in [5.41, 5.74) is 1.13. The van der Waals surface area contributed by atoms with Crippen LogP contribution in [0.5, 0.6) is 0 Å². The summed E-state index contributed by atoms with van der Waals surface area (Å²) in [6.07, 6.45) is 6.90. The predicted octanol–water partition coefficient (Wildman–Crippen LogP) is 3.02. The first kappa shape index (κ1) is 19.0. The van der Waals surface area contributed by atoms with Crippen molar-refractivity contribution in [3.05, 3.63) is 29.8 Å². The highest BCUT2D eigenvalue weighted by Gasteiger charge is 2.41. The Kier molecular flexibility index (Phi) is 5.98. The van der Waals surface area contributed by atoms with Gasteiger partial charge in [-0.1, -0.05) is 17.7 Å². The van der Waals surface area contributed by atoms with Gasteiger partial charge in [-0.2, -0.15) is 4.31 Å². The summed E-state index contributed by atoms with van der Waals surface area (Å²) in [6, 6.07) is 7.88. The van der Waals surface area contributed by atoms with Gasteiger partial charge in [0.1, 0.15) is 0 Å². The fourth-order valence-electron chi connectivity index (χ4n) is 3.61. The molecule has 0 spiro atoms. The quantitative estimate of drug-likeness (QED) is 0.724. The van der Waals surface area contributed by atoms with Crippen molar-refractivity contribution in [1.29, 1.82) is 0 Å². The topological polar surface area (TPSA) is 63.7 Å². The van der Waals surface area contributed by atoms with E-state index in [1.54, 1.807) is 4.31 Å². The molecular weight excluding hydrogens is 358 g/mol. The van der Waals surface area contributed by atoms with Gasteiger partial charge in [-0.05, 0) is 63.5 Å². The molecule has 5 nitrogen and oxygen atoms in total. The largest absolute Gasteiger partial charge is 0.286 e. The van der Waals surface area contributed by atoms with E-state index < -0.39 is 21.1 Å². The van der Waals surface area contributed by atoms with Crippen molar-refractivity contribution in [2.75, 3.05) is 12.9 Å². The number of benzene rings is 1. The number of nitrogens with zero attached hydrogens (tertiary/aromatic N) is 1. The maximum atomic E-state index is 12.2. The van der Waals surface area contributed by atoms with Crippen LogP contribution in [0.15, 0.2) is 29.2 Å². The minimum absolute atomic E-state index is 0.126. The average molecular weight is 386 g/mol. The lowest BCUT2D eigenvalue weighted by molar-refractivity contribution is 0.169.